The molecule has 6 N–H and O–H groups in total. The van der Waals surface area contributed by atoms with Gasteiger partial charge in [-0.25, -0.2) is 9.59 Å². The summed E-state index contributed by atoms with van der Waals surface area (Å²) in [5.41, 5.74) is -8.68. The monoisotopic (exact) mass is 376 g/mol. The van der Waals surface area contributed by atoms with Crippen LogP contribution in [0.4, 0.5) is 0 Å². The summed E-state index contributed by atoms with van der Waals surface area (Å²) in [4.78, 5) is 48.5. The summed E-state index contributed by atoms with van der Waals surface area (Å²) in [7, 11) is 0. The van der Waals surface area contributed by atoms with Crippen molar-refractivity contribution >= 4 is 23.5 Å². The number of carbonyl (C=O) groups excluding carboxylic acids is 2. The summed E-state index contributed by atoms with van der Waals surface area (Å²) in [6, 6.07) is 12.8. The molecule has 27 heavy (non-hydrogen) atoms. The maximum atomic E-state index is 12.6. The Balaban J connectivity index is 0.00000364. The van der Waals surface area contributed by atoms with Crippen molar-refractivity contribution in [1.82, 2.24) is 0 Å². The van der Waals surface area contributed by atoms with Gasteiger partial charge in [0.15, 0.2) is 0 Å². The number of hydrogen-bond acceptors (Lipinski definition) is 6. The number of aliphatic carboxylic acids is 2. The third-order valence-corrected chi connectivity index (χ3v) is 3.87. The largest absolute Gasteiger partial charge is 0.479 e. The van der Waals surface area contributed by atoms with Gasteiger partial charge in [0.25, 0.3) is 11.2 Å². The average Bonchev–Trinajstić information content (AvgIpc) is 2.66. The lowest BCUT2D eigenvalue weighted by Gasteiger charge is -2.34. The average molecular weight is 376 g/mol. The number of hydrogen-bond donors (Lipinski definition) is 4. The molecule has 0 unspecified atom stereocenters. The number of Topliss-reactive ketones (excluding diaryl/α,β-unsaturated/α-hetero) is 2. The van der Waals surface area contributed by atoms with Crippen LogP contribution in [0.15, 0.2) is 60.7 Å². The highest BCUT2D eigenvalue weighted by Gasteiger charge is 2.69. The van der Waals surface area contributed by atoms with Crippen LogP contribution in [-0.4, -0.2) is 60.6 Å². The minimum absolute atomic E-state index is 0. The predicted molar refractivity (Wildman–Crippen MR) is 90.3 cm³/mol. The Bertz CT molecular complexity index is 789. The molecule has 0 saturated carbocycles. The molecule has 0 amide bonds. The van der Waals surface area contributed by atoms with E-state index in [1.807, 2.05) is 0 Å². The van der Waals surface area contributed by atoms with Gasteiger partial charge in [0.05, 0.1) is 0 Å². The molecule has 0 aromatic heterocycles. The summed E-state index contributed by atoms with van der Waals surface area (Å²) in [6.45, 7) is 0. The van der Waals surface area contributed by atoms with Crippen molar-refractivity contribution in [3.05, 3.63) is 71.8 Å². The molecule has 0 spiro atoms. The first-order chi connectivity index (χ1) is 12.2. The molecule has 2 rings (SSSR count). The van der Waals surface area contributed by atoms with Gasteiger partial charge in [-0.05, 0) is 0 Å². The van der Waals surface area contributed by atoms with Gasteiger partial charge in [0.2, 0.25) is 11.6 Å². The van der Waals surface area contributed by atoms with Crippen molar-refractivity contribution in [3.63, 3.8) is 0 Å². The number of benzene rings is 2. The van der Waals surface area contributed by atoms with Crippen LogP contribution in [0.1, 0.15) is 20.7 Å². The fourth-order valence-corrected chi connectivity index (χ4v) is 2.43. The standard InChI is InChI=1S/C18H14O8.H2O/c19-13(11-7-3-1-4-8-11)17(25,15(21)22)18(26,16(23)24)14(20)12-9-5-2-6-10-12;/h1-10,25-26H,(H,21,22)(H,23,24);1H2/t17-,18-;/m0./s1. The van der Waals surface area contributed by atoms with E-state index in [9.17, 15) is 39.6 Å². The van der Waals surface area contributed by atoms with E-state index in [2.05, 4.69) is 0 Å². The van der Waals surface area contributed by atoms with Gasteiger partial charge in [-0.3, -0.25) is 9.59 Å². The third-order valence-electron chi connectivity index (χ3n) is 3.87. The Kier molecular flexibility index (Phi) is 6.31. The minimum atomic E-state index is -3.95. The fourth-order valence-electron chi connectivity index (χ4n) is 2.43. The quantitative estimate of drug-likeness (QED) is 0.370. The molecule has 0 aliphatic rings. The molecule has 0 heterocycles. The van der Waals surface area contributed by atoms with Gasteiger partial charge in [-0.15, -0.1) is 0 Å². The number of carboxylic acid groups (broad SMARTS) is 2. The van der Waals surface area contributed by atoms with Gasteiger partial charge in [-0.2, -0.15) is 0 Å². The summed E-state index contributed by atoms with van der Waals surface area (Å²) in [5, 5.41) is 39.9. The molecule has 2 aromatic carbocycles. The van der Waals surface area contributed by atoms with E-state index in [0.29, 0.717) is 0 Å². The highest BCUT2D eigenvalue weighted by molar-refractivity contribution is 6.28. The van der Waals surface area contributed by atoms with E-state index in [1.54, 1.807) is 0 Å². The van der Waals surface area contributed by atoms with E-state index < -0.39 is 45.8 Å². The number of aliphatic hydroxyl groups is 2. The van der Waals surface area contributed by atoms with E-state index in [-0.39, 0.29) is 5.48 Å². The Morgan fingerprint density at radius 3 is 1.07 bits per heavy atom. The maximum absolute atomic E-state index is 12.6. The first kappa shape index (κ1) is 21.6. The molecule has 0 saturated heterocycles. The molecular weight excluding hydrogens is 360 g/mol. The number of rotatable bonds is 7. The second-order valence-corrected chi connectivity index (χ2v) is 5.42. The molecule has 0 radical (unpaired) electrons. The summed E-state index contributed by atoms with van der Waals surface area (Å²) in [5.74, 6) is -8.03. The van der Waals surface area contributed by atoms with E-state index in [4.69, 9.17) is 0 Å². The topological polar surface area (TPSA) is 181 Å². The Labute approximate surface area is 152 Å². The Morgan fingerprint density at radius 2 is 0.852 bits per heavy atom. The molecule has 9 nitrogen and oxygen atoms in total. The smallest absolute Gasteiger partial charge is 0.348 e. The molecule has 2 atom stereocenters. The number of carboxylic acids is 2. The van der Waals surface area contributed by atoms with Crippen molar-refractivity contribution in [2.24, 2.45) is 0 Å². The van der Waals surface area contributed by atoms with Crippen LogP contribution in [0.25, 0.3) is 0 Å². The van der Waals surface area contributed by atoms with Gasteiger partial charge >= 0.3 is 11.9 Å². The summed E-state index contributed by atoms with van der Waals surface area (Å²) < 4.78 is 0. The molecule has 0 bridgehead atoms. The van der Waals surface area contributed by atoms with Crippen molar-refractivity contribution in [1.29, 1.82) is 0 Å². The summed E-state index contributed by atoms with van der Waals surface area (Å²) in [6.07, 6.45) is 0. The van der Waals surface area contributed by atoms with Crippen LogP contribution in [-0.2, 0) is 9.59 Å². The zero-order chi connectivity index (χ0) is 19.5. The van der Waals surface area contributed by atoms with Crippen molar-refractivity contribution in [3.8, 4) is 0 Å². The van der Waals surface area contributed by atoms with Gasteiger partial charge in [0.1, 0.15) is 0 Å². The highest BCUT2D eigenvalue weighted by atomic mass is 16.5. The van der Waals surface area contributed by atoms with E-state index in [0.717, 1.165) is 24.3 Å². The first-order valence-electron chi connectivity index (χ1n) is 7.28. The van der Waals surface area contributed by atoms with Crippen molar-refractivity contribution < 1.29 is 45.1 Å². The van der Waals surface area contributed by atoms with Gasteiger partial charge in [-0.1, -0.05) is 60.7 Å². The van der Waals surface area contributed by atoms with Gasteiger partial charge < -0.3 is 25.9 Å². The first-order valence-corrected chi connectivity index (χ1v) is 7.28. The second-order valence-electron chi connectivity index (χ2n) is 5.42. The Morgan fingerprint density at radius 1 is 0.593 bits per heavy atom. The fraction of sp³-hybridized carbons (Fsp3) is 0.111. The van der Waals surface area contributed by atoms with Crippen LogP contribution >= 0.6 is 0 Å². The number of carbonyl (C=O) groups is 4. The number of ketones is 2. The molecular formula is C18H16O9. The zero-order valence-corrected chi connectivity index (χ0v) is 13.7. The normalized spacial score (nSPS) is 14.7. The van der Waals surface area contributed by atoms with Crippen LogP contribution < -0.4 is 0 Å². The van der Waals surface area contributed by atoms with Gasteiger partial charge in [0, 0.05) is 11.1 Å². The molecule has 0 aliphatic carbocycles. The van der Waals surface area contributed by atoms with E-state index in [1.165, 1.54) is 36.4 Å². The SMILES string of the molecule is O.O=C(O)[C@@](O)(C(=O)c1ccccc1)[C@@](O)(C(=O)O)C(=O)c1ccccc1. The lowest BCUT2D eigenvalue weighted by Crippen LogP contribution is -2.71. The zero-order valence-electron chi connectivity index (χ0n) is 13.7. The van der Waals surface area contributed by atoms with Crippen molar-refractivity contribution in [2.75, 3.05) is 0 Å². The van der Waals surface area contributed by atoms with Crippen molar-refractivity contribution in [2.45, 2.75) is 11.2 Å². The maximum Gasteiger partial charge on any atom is 0.348 e. The van der Waals surface area contributed by atoms with Crippen LogP contribution in [0.2, 0.25) is 0 Å². The van der Waals surface area contributed by atoms with Crippen LogP contribution in [0.5, 0.6) is 0 Å². The molecule has 9 heteroatoms. The van der Waals surface area contributed by atoms with Crippen LogP contribution in [0.3, 0.4) is 0 Å². The lowest BCUT2D eigenvalue weighted by atomic mass is 9.73. The second kappa shape index (κ2) is 7.87. The third kappa shape index (κ3) is 3.34. The van der Waals surface area contributed by atoms with E-state index >= 15 is 0 Å². The predicted octanol–water partition coefficient (Wildman–Crippen LogP) is -0.441. The highest BCUT2D eigenvalue weighted by Crippen LogP contribution is 2.31. The molecule has 2 aromatic rings. The van der Waals surface area contributed by atoms with Crippen LogP contribution in [0, 0.1) is 0 Å². The minimum Gasteiger partial charge on any atom is -0.479 e. The lowest BCUT2D eigenvalue weighted by molar-refractivity contribution is -0.187. The molecule has 0 aliphatic heterocycles. The molecule has 0 fully saturated rings. The Hall–Kier alpha value is -3.40. The molecule has 142 valence electrons. The summed E-state index contributed by atoms with van der Waals surface area (Å²) >= 11 is 0.